The topological polar surface area (TPSA) is 69.9 Å². The van der Waals surface area contributed by atoms with Gasteiger partial charge in [0.25, 0.3) is 0 Å². The molecular formula is C7H7BrClFN4. The van der Waals surface area contributed by atoms with Crippen LogP contribution in [-0.2, 0) is 0 Å². The fourth-order valence-electron chi connectivity index (χ4n) is 0.796. The zero-order valence-corrected chi connectivity index (χ0v) is 9.26. The van der Waals surface area contributed by atoms with E-state index in [-0.39, 0.29) is 9.76 Å². The maximum Gasteiger partial charge on any atom is 0.176 e. The highest BCUT2D eigenvalue weighted by molar-refractivity contribution is 9.10. The first-order chi connectivity index (χ1) is 6.54. The number of hydrogen-bond donors (Lipinski definition) is 2. The second-order valence-corrected chi connectivity index (χ2v) is 3.52. The van der Waals surface area contributed by atoms with Crippen molar-refractivity contribution in [1.29, 1.82) is 0 Å². The van der Waals surface area contributed by atoms with Gasteiger partial charge < -0.3 is 11.5 Å². The molecule has 7 heteroatoms. The van der Waals surface area contributed by atoms with Gasteiger partial charge in [0.2, 0.25) is 0 Å². The number of rotatable bonds is 2. The lowest BCUT2D eigenvalue weighted by Crippen LogP contribution is -2.00. The van der Waals surface area contributed by atoms with E-state index in [1.165, 1.54) is 17.0 Å². The van der Waals surface area contributed by atoms with E-state index in [4.69, 9.17) is 23.1 Å². The number of nitrogens with zero attached hydrogens (tertiary/aromatic N) is 2. The Hall–Kier alpha value is -1.01. The van der Waals surface area contributed by atoms with Gasteiger partial charge >= 0.3 is 0 Å². The van der Waals surface area contributed by atoms with Crippen LogP contribution >= 0.6 is 27.5 Å². The number of hydrogen-bond acceptors (Lipinski definition) is 3. The highest BCUT2D eigenvalue weighted by atomic mass is 79.9. The second kappa shape index (κ2) is 4.47. The molecule has 1 heterocycles. The van der Waals surface area contributed by atoms with Crippen LogP contribution in [0.5, 0.6) is 0 Å². The highest BCUT2D eigenvalue weighted by Crippen LogP contribution is 2.15. The average Bonchev–Trinajstić information content (AvgIpc) is 2.42. The molecule has 0 saturated heterocycles. The molecule has 0 aliphatic carbocycles. The van der Waals surface area contributed by atoms with Crippen molar-refractivity contribution in [3.8, 4) is 0 Å². The highest BCUT2D eigenvalue weighted by Gasteiger charge is 2.06. The van der Waals surface area contributed by atoms with Gasteiger partial charge in [-0.05, 0) is 15.9 Å². The zero-order valence-electron chi connectivity index (χ0n) is 6.92. The molecule has 1 aromatic rings. The molecule has 1 aromatic heterocycles. The molecule has 14 heavy (non-hydrogen) atoms. The molecule has 0 amide bonds. The van der Waals surface area contributed by atoms with Gasteiger partial charge in [-0.2, -0.15) is 5.10 Å². The molecule has 76 valence electrons. The summed E-state index contributed by atoms with van der Waals surface area (Å²) in [5.74, 6) is -0.495. The first-order valence-electron chi connectivity index (χ1n) is 3.50. The van der Waals surface area contributed by atoms with Gasteiger partial charge in [0, 0.05) is 12.3 Å². The first kappa shape index (κ1) is 11.1. The van der Waals surface area contributed by atoms with Crippen LogP contribution in [0.25, 0.3) is 5.70 Å². The maximum atomic E-state index is 12.9. The van der Waals surface area contributed by atoms with E-state index in [9.17, 15) is 4.39 Å². The summed E-state index contributed by atoms with van der Waals surface area (Å²) >= 11 is 8.36. The molecule has 0 aliphatic rings. The Labute approximate surface area is 93.1 Å². The summed E-state index contributed by atoms with van der Waals surface area (Å²) in [6.07, 6.45) is 3.73. The Morgan fingerprint density at radius 2 is 2.36 bits per heavy atom. The summed E-state index contributed by atoms with van der Waals surface area (Å²) in [5, 5.41) is 3.82. The number of halogens is 3. The van der Waals surface area contributed by atoms with E-state index in [1.54, 1.807) is 0 Å². The number of aromatic nitrogens is 2. The van der Waals surface area contributed by atoms with Crippen LogP contribution in [0.15, 0.2) is 28.2 Å². The minimum atomic E-state index is -0.495. The molecule has 0 bridgehead atoms. The summed E-state index contributed by atoms with van der Waals surface area (Å²) in [6, 6.07) is 0. The quantitative estimate of drug-likeness (QED) is 0.639. The molecule has 0 unspecified atom stereocenters. The van der Waals surface area contributed by atoms with Crippen molar-refractivity contribution < 1.29 is 4.39 Å². The molecule has 0 spiro atoms. The average molecular weight is 282 g/mol. The van der Waals surface area contributed by atoms with Crippen LogP contribution in [0, 0.1) is 5.82 Å². The molecule has 0 aliphatic heterocycles. The Bertz CT molecular complexity index is 375. The van der Waals surface area contributed by atoms with Crippen molar-refractivity contribution >= 4 is 33.2 Å². The lowest BCUT2D eigenvalue weighted by Gasteiger charge is -1.99. The summed E-state index contributed by atoms with van der Waals surface area (Å²) in [7, 11) is 0. The van der Waals surface area contributed by atoms with Gasteiger partial charge in [-0.3, -0.25) is 0 Å². The number of nitrogens with two attached hydrogens (primary N) is 2. The normalized spacial score (nSPS) is 13.4. The van der Waals surface area contributed by atoms with Gasteiger partial charge in [0.05, 0.1) is 11.9 Å². The molecule has 4 nitrogen and oxygen atoms in total. The maximum absolute atomic E-state index is 12.9. The third kappa shape index (κ3) is 2.49. The minimum absolute atomic E-state index is 0.0359. The van der Waals surface area contributed by atoms with Crippen molar-refractivity contribution in [3.05, 3.63) is 34.0 Å². The van der Waals surface area contributed by atoms with Crippen LogP contribution in [0.3, 0.4) is 0 Å². The van der Waals surface area contributed by atoms with E-state index >= 15 is 0 Å². The summed E-state index contributed by atoms with van der Waals surface area (Å²) < 4.78 is 14.2. The predicted octanol–water partition coefficient (Wildman–Crippen LogP) is 1.58. The monoisotopic (exact) mass is 280 g/mol. The van der Waals surface area contributed by atoms with Crippen LogP contribution in [0.1, 0.15) is 0 Å². The third-order valence-electron chi connectivity index (χ3n) is 1.35. The third-order valence-corrected chi connectivity index (χ3v) is 2.00. The van der Waals surface area contributed by atoms with E-state index in [0.29, 0.717) is 5.70 Å². The fraction of sp³-hybridized carbons (Fsp3) is 0. The van der Waals surface area contributed by atoms with Crippen LogP contribution < -0.4 is 11.5 Å². The van der Waals surface area contributed by atoms with Crippen molar-refractivity contribution in [2.45, 2.75) is 0 Å². The molecule has 0 aromatic carbocycles. The summed E-state index contributed by atoms with van der Waals surface area (Å²) in [4.78, 5) is 0. The molecule has 0 saturated carbocycles. The van der Waals surface area contributed by atoms with E-state index in [1.807, 2.05) is 0 Å². The lowest BCUT2D eigenvalue weighted by molar-refractivity contribution is 0.621. The molecule has 1 rings (SSSR count). The molecule has 0 atom stereocenters. The largest absolute Gasteiger partial charge is 0.403 e. The standard InChI is InChI=1S/C7H7BrClFN4/c8-7-5(10)3-14(13-7)4(2-11)1-6(9)12/h1-3H,11-12H2/b4-2+,6-1-. The van der Waals surface area contributed by atoms with Crippen molar-refractivity contribution in [2.75, 3.05) is 0 Å². The van der Waals surface area contributed by atoms with Crippen molar-refractivity contribution in [3.63, 3.8) is 0 Å². The molecule has 0 fully saturated rings. The first-order valence-corrected chi connectivity index (χ1v) is 4.67. The van der Waals surface area contributed by atoms with Crippen LogP contribution in [0.2, 0.25) is 0 Å². The second-order valence-electron chi connectivity index (χ2n) is 2.33. The lowest BCUT2D eigenvalue weighted by atomic mass is 10.4. The van der Waals surface area contributed by atoms with Gasteiger partial charge in [0.15, 0.2) is 10.4 Å². The summed E-state index contributed by atoms with van der Waals surface area (Å²) in [5.41, 5.74) is 10.9. The van der Waals surface area contributed by atoms with Gasteiger partial charge in [0.1, 0.15) is 5.16 Å². The van der Waals surface area contributed by atoms with Gasteiger partial charge in [-0.25, -0.2) is 9.07 Å². The zero-order chi connectivity index (χ0) is 10.7. The summed E-state index contributed by atoms with van der Waals surface area (Å²) in [6.45, 7) is 0. The predicted molar refractivity (Wildman–Crippen MR) is 56.5 cm³/mol. The van der Waals surface area contributed by atoms with E-state index in [0.717, 1.165) is 6.20 Å². The Kier molecular flexibility index (Phi) is 3.54. The number of allylic oxidation sites excluding steroid dienone is 2. The smallest absolute Gasteiger partial charge is 0.176 e. The van der Waals surface area contributed by atoms with Crippen molar-refractivity contribution in [1.82, 2.24) is 9.78 Å². The van der Waals surface area contributed by atoms with Crippen LogP contribution in [0.4, 0.5) is 4.39 Å². The Morgan fingerprint density at radius 1 is 1.71 bits per heavy atom. The van der Waals surface area contributed by atoms with Crippen LogP contribution in [-0.4, -0.2) is 9.78 Å². The molecular weight excluding hydrogens is 274 g/mol. The fourth-order valence-corrected chi connectivity index (χ4v) is 1.18. The molecule has 4 N–H and O–H groups in total. The van der Waals surface area contributed by atoms with Gasteiger partial charge in [-0.1, -0.05) is 11.6 Å². The minimum Gasteiger partial charge on any atom is -0.403 e. The Balaban J connectivity index is 3.09. The van der Waals surface area contributed by atoms with E-state index < -0.39 is 5.82 Å². The van der Waals surface area contributed by atoms with E-state index in [2.05, 4.69) is 21.0 Å². The Morgan fingerprint density at radius 3 is 2.71 bits per heavy atom. The van der Waals surface area contributed by atoms with Gasteiger partial charge in [-0.15, -0.1) is 0 Å². The van der Waals surface area contributed by atoms with Crippen molar-refractivity contribution in [2.24, 2.45) is 11.5 Å². The molecule has 0 radical (unpaired) electrons. The SMILES string of the molecule is N/C=C(\C=C(/N)Cl)n1cc(F)c(Br)n1.